The number of likely N-dealkylation sites (N-methyl/N-ethyl adjacent to an activating group) is 1. The third-order valence-electron chi connectivity index (χ3n) is 3.81. The van der Waals surface area contributed by atoms with E-state index in [1.807, 2.05) is 44.2 Å². The molecular formula is C24H32N2O4. The van der Waals surface area contributed by atoms with E-state index in [1.54, 1.807) is 12.1 Å². The van der Waals surface area contributed by atoms with Gasteiger partial charge in [-0.3, -0.25) is 9.59 Å². The van der Waals surface area contributed by atoms with Crippen LogP contribution in [0.4, 0.5) is 4.79 Å². The van der Waals surface area contributed by atoms with Crippen LogP contribution < -0.4 is 0 Å². The number of benzene rings is 1. The van der Waals surface area contributed by atoms with Crippen molar-refractivity contribution in [1.29, 1.82) is 0 Å². The van der Waals surface area contributed by atoms with Crippen LogP contribution in [-0.2, 0) is 14.3 Å². The van der Waals surface area contributed by atoms with Gasteiger partial charge in [0.25, 0.3) is 11.8 Å². The van der Waals surface area contributed by atoms with Gasteiger partial charge in [0.15, 0.2) is 0 Å². The van der Waals surface area contributed by atoms with E-state index in [2.05, 4.69) is 36.7 Å². The first-order valence-electron chi connectivity index (χ1n) is 9.91. The molecule has 0 N–H and O–H groups in total. The Labute approximate surface area is 180 Å². The monoisotopic (exact) mass is 412 g/mol. The molecule has 1 unspecified atom stereocenters. The maximum absolute atomic E-state index is 11.8. The smallest absolute Gasteiger partial charge is 0.416 e. The molecule has 0 aromatic heterocycles. The molecule has 0 aliphatic carbocycles. The Hall–Kier alpha value is -3.33. The van der Waals surface area contributed by atoms with E-state index in [0.29, 0.717) is 11.5 Å². The number of cyclic esters (lactones) is 1. The molecular weight excluding hydrogens is 380 g/mol. The van der Waals surface area contributed by atoms with Gasteiger partial charge in [-0.05, 0) is 24.5 Å². The van der Waals surface area contributed by atoms with Crippen LogP contribution in [0.5, 0.6) is 0 Å². The van der Waals surface area contributed by atoms with Crippen molar-refractivity contribution in [1.82, 2.24) is 9.80 Å². The van der Waals surface area contributed by atoms with Crippen LogP contribution in [0, 0.1) is 17.8 Å². The van der Waals surface area contributed by atoms with E-state index in [-0.39, 0.29) is 19.7 Å². The van der Waals surface area contributed by atoms with Crippen LogP contribution in [0.3, 0.4) is 0 Å². The molecule has 0 spiro atoms. The van der Waals surface area contributed by atoms with Gasteiger partial charge in [-0.1, -0.05) is 57.0 Å². The molecule has 1 atom stereocenters. The van der Waals surface area contributed by atoms with E-state index in [4.69, 9.17) is 0 Å². The maximum atomic E-state index is 11.8. The third kappa shape index (κ3) is 10.3. The SMILES string of the molecule is C=CCC(C)C=C.CC.CN(CC(=O)N1CCOC1=O)C(=O)C#Cc1ccccc1. The van der Waals surface area contributed by atoms with Crippen molar-refractivity contribution < 1.29 is 19.1 Å². The summed E-state index contributed by atoms with van der Waals surface area (Å²) < 4.78 is 4.67. The van der Waals surface area contributed by atoms with Crippen LogP contribution in [0.25, 0.3) is 0 Å². The third-order valence-corrected chi connectivity index (χ3v) is 3.81. The molecule has 30 heavy (non-hydrogen) atoms. The van der Waals surface area contributed by atoms with Crippen molar-refractivity contribution in [3.8, 4) is 11.8 Å². The number of nitrogens with zero attached hydrogens (tertiary/aromatic N) is 2. The zero-order valence-electron chi connectivity index (χ0n) is 18.4. The fourth-order valence-corrected chi connectivity index (χ4v) is 2.08. The first kappa shape index (κ1) is 26.7. The Morgan fingerprint density at radius 1 is 1.27 bits per heavy atom. The summed E-state index contributed by atoms with van der Waals surface area (Å²) in [6.07, 6.45) is 4.22. The highest BCUT2D eigenvalue weighted by molar-refractivity contribution is 5.99. The summed E-state index contributed by atoms with van der Waals surface area (Å²) in [6, 6.07) is 9.06. The topological polar surface area (TPSA) is 66.9 Å². The number of ether oxygens (including phenoxy) is 1. The fraction of sp³-hybridized carbons (Fsp3) is 0.375. The summed E-state index contributed by atoms with van der Waals surface area (Å²) in [6.45, 7) is 13.5. The first-order valence-corrected chi connectivity index (χ1v) is 9.91. The lowest BCUT2D eigenvalue weighted by atomic mass is 10.1. The van der Waals surface area contributed by atoms with Crippen LogP contribution in [0.1, 0.15) is 32.8 Å². The normalized spacial score (nSPS) is 12.4. The summed E-state index contributed by atoms with van der Waals surface area (Å²) >= 11 is 0. The van der Waals surface area contributed by atoms with Crippen molar-refractivity contribution in [3.05, 3.63) is 61.2 Å². The summed E-state index contributed by atoms with van der Waals surface area (Å²) in [4.78, 5) is 37.0. The average Bonchev–Trinajstić information content (AvgIpc) is 3.20. The number of amides is 3. The highest BCUT2D eigenvalue weighted by Crippen LogP contribution is 2.04. The van der Waals surface area contributed by atoms with Crippen molar-refractivity contribution in [3.63, 3.8) is 0 Å². The average molecular weight is 413 g/mol. The molecule has 1 saturated heterocycles. The van der Waals surface area contributed by atoms with Gasteiger partial charge in [-0.15, -0.1) is 13.2 Å². The van der Waals surface area contributed by atoms with Crippen LogP contribution in [-0.4, -0.2) is 54.5 Å². The second-order valence-corrected chi connectivity index (χ2v) is 6.17. The molecule has 0 saturated carbocycles. The van der Waals surface area contributed by atoms with Gasteiger partial charge in [-0.2, -0.15) is 0 Å². The van der Waals surface area contributed by atoms with Crippen molar-refractivity contribution in [2.75, 3.05) is 26.7 Å². The lowest BCUT2D eigenvalue weighted by Crippen LogP contribution is -2.41. The minimum Gasteiger partial charge on any atom is -0.447 e. The minimum atomic E-state index is -0.670. The van der Waals surface area contributed by atoms with Gasteiger partial charge in [0, 0.05) is 18.5 Å². The van der Waals surface area contributed by atoms with Crippen molar-refractivity contribution in [2.24, 2.45) is 5.92 Å². The molecule has 1 aromatic carbocycles. The lowest BCUT2D eigenvalue weighted by Gasteiger charge is -2.16. The standard InChI is InChI=1S/C15H14N2O4.C7H12.C2H6/c1-16(11-14(19)17-9-10-21-15(17)20)13(18)8-7-12-5-3-2-4-6-12;1-4-6-7(3)5-2;1-2/h2-6H,9-11H2,1H3;4-5,7H,1-2,6H2,3H3;1-2H3. The number of rotatable bonds is 5. The lowest BCUT2D eigenvalue weighted by molar-refractivity contribution is -0.134. The van der Waals surface area contributed by atoms with E-state index in [9.17, 15) is 14.4 Å². The van der Waals surface area contributed by atoms with Gasteiger partial charge < -0.3 is 9.64 Å². The first-order chi connectivity index (χ1) is 14.4. The number of carbonyl (C=O) groups is 3. The van der Waals surface area contributed by atoms with E-state index >= 15 is 0 Å². The Bertz CT molecular complexity index is 762. The van der Waals surface area contributed by atoms with Crippen molar-refractivity contribution >= 4 is 17.9 Å². The molecule has 0 bridgehead atoms. The molecule has 1 aliphatic rings. The maximum Gasteiger partial charge on any atom is 0.416 e. The van der Waals surface area contributed by atoms with Crippen LogP contribution in [0.2, 0.25) is 0 Å². The highest BCUT2D eigenvalue weighted by atomic mass is 16.6. The molecule has 3 amide bonds. The van der Waals surface area contributed by atoms with Gasteiger partial charge in [0.2, 0.25) is 0 Å². The second kappa shape index (κ2) is 15.6. The van der Waals surface area contributed by atoms with Gasteiger partial charge in [0.1, 0.15) is 13.2 Å². The van der Waals surface area contributed by atoms with Crippen molar-refractivity contribution in [2.45, 2.75) is 27.2 Å². The number of imide groups is 1. The molecule has 6 nitrogen and oxygen atoms in total. The molecule has 162 valence electrons. The molecule has 2 rings (SSSR count). The summed E-state index contributed by atoms with van der Waals surface area (Å²) in [5, 5.41) is 0. The molecule has 1 aromatic rings. The molecule has 1 heterocycles. The van der Waals surface area contributed by atoms with Crippen LogP contribution in [0.15, 0.2) is 55.6 Å². The Balaban J connectivity index is 0.000000795. The molecule has 1 fully saturated rings. The van der Waals surface area contributed by atoms with Crippen LogP contribution >= 0.6 is 0 Å². The van der Waals surface area contributed by atoms with E-state index in [1.165, 1.54) is 11.9 Å². The highest BCUT2D eigenvalue weighted by Gasteiger charge is 2.29. The summed E-state index contributed by atoms with van der Waals surface area (Å²) in [7, 11) is 1.46. The molecule has 1 aliphatic heterocycles. The zero-order valence-corrected chi connectivity index (χ0v) is 18.4. The van der Waals surface area contributed by atoms with Gasteiger partial charge in [0.05, 0.1) is 6.54 Å². The Morgan fingerprint density at radius 3 is 2.37 bits per heavy atom. The van der Waals surface area contributed by atoms with Gasteiger partial charge >= 0.3 is 6.09 Å². The number of allylic oxidation sites excluding steroid dienone is 2. The number of hydrogen-bond acceptors (Lipinski definition) is 4. The molecule has 0 radical (unpaired) electrons. The summed E-state index contributed by atoms with van der Waals surface area (Å²) in [5.74, 6) is 4.81. The predicted octanol–water partition coefficient (Wildman–Crippen LogP) is 3.89. The largest absolute Gasteiger partial charge is 0.447 e. The van der Waals surface area contributed by atoms with E-state index in [0.717, 1.165) is 11.3 Å². The molecule has 6 heteroatoms. The second-order valence-electron chi connectivity index (χ2n) is 6.17. The Morgan fingerprint density at radius 2 is 1.90 bits per heavy atom. The zero-order chi connectivity index (χ0) is 22.9. The number of hydrogen-bond donors (Lipinski definition) is 0. The summed E-state index contributed by atoms with van der Waals surface area (Å²) in [5.41, 5.74) is 0.716. The van der Waals surface area contributed by atoms with Gasteiger partial charge in [-0.25, -0.2) is 9.69 Å². The fourth-order valence-electron chi connectivity index (χ4n) is 2.08. The quantitative estimate of drug-likeness (QED) is 0.544. The predicted molar refractivity (Wildman–Crippen MR) is 120 cm³/mol. The number of carbonyl (C=O) groups excluding carboxylic acids is 3. The minimum absolute atomic E-state index is 0.191. The Kier molecular flexibility index (Phi) is 13.8. The van der Waals surface area contributed by atoms with E-state index < -0.39 is 17.9 Å².